The molecular weight excluding hydrogens is 512 g/mol. The molecule has 0 bridgehead atoms. The van der Waals surface area contributed by atoms with Crippen molar-refractivity contribution < 1.29 is 0 Å². The first kappa shape index (κ1) is 29.0. The second kappa shape index (κ2) is 12.5. The van der Waals surface area contributed by atoms with Crippen LogP contribution < -0.4 is 5.32 Å². The summed E-state index contributed by atoms with van der Waals surface area (Å²) in [7, 11) is 4.26. The fourth-order valence-corrected chi connectivity index (χ4v) is 6.10. The summed E-state index contributed by atoms with van der Waals surface area (Å²) in [5, 5.41) is 12.5. The monoisotopic (exact) mass is 552 g/mol. The van der Waals surface area contributed by atoms with Gasteiger partial charge in [-0.25, -0.2) is 4.98 Å². The third kappa shape index (κ3) is 5.63. The van der Waals surface area contributed by atoms with E-state index in [-0.39, 0.29) is 5.41 Å². The van der Waals surface area contributed by atoms with Crippen LogP contribution in [0.1, 0.15) is 48.1 Å². The molecule has 5 rings (SSSR count). The van der Waals surface area contributed by atoms with Crippen LogP contribution >= 0.6 is 0 Å². The van der Waals surface area contributed by atoms with E-state index in [1.54, 1.807) is 0 Å². The highest BCUT2D eigenvalue weighted by molar-refractivity contribution is 5.94. The summed E-state index contributed by atoms with van der Waals surface area (Å²) in [4.78, 5) is 7.11. The van der Waals surface area contributed by atoms with Gasteiger partial charge in [0.25, 0.3) is 0 Å². The summed E-state index contributed by atoms with van der Waals surface area (Å²) >= 11 is 0. The summed E-state index contributed by atoms with van der Waals surface area (Å²) in [6.07, 6.45) is 4.31. The highest BCUT2D eigenvalue weighted by Crippen LogP contribution is 2.41. The molecule has 1 aromatic heterocycles. The van der Waals surface area contributed by atoms with Gasteiger partial charge in [0.2, 0.25) is 0 Å². The van der Waals surface area contributed by atoms with Gasteiger partial charge in [0.05, 0.1) is 0 Å². The van der Waals surface area contributed by atoms with Gasteiger partial charge < -0.3 is 15.6 Å². The zero-order valence-corrected chi connectivity index (χ0v) is 25.0. The van der Waals surface area contributed by atoms with E-state index in [4.69, 9.17) is 10.4 Å². The van der Waals surface area contributed by atoms with Crippen molar-refractivity contribution >= 4 is 12.0 Å². The molecule has 4 nitrogen and oxygen atoms in total. The standard InChI is InChI=1S/C38H40N4/c1-5-37(2,28-42(3)4)33-23-15-16-29(26-33)34-24-25-40-36(35(34)27-39)41-38(30-17-9-6-10-18-30,31-19-11-7-12-20-31)32-21-13-8-14-22-32/h6-27,39H,5,28H2,1-4H3,(H,40,41). The molecule has 2 N–H and O–H groups in total. The summed E-state index contributed by atoms with van der Waals surface area (Å²) in [6.45, 7) is 5.54. The lowest BCUT2D eigenvalue weighted by Gasteiger charge is -2.38. The van der Waals surface area contributed by atoms with E-state index in [1.165, 1.54) is 11.8 Å². The highest BCUT2D eigenvalue weighted by atomic mass is 15.1. The SMILES string of the molecule is CCC(C)(CN(C)C)c1cccc(-c2ccnc(NC(c3ccccc3)(c3ccccc3)c3ccccc3)c2C=N)c1. The molecule has 0 aliphatic heterocycles. The topological polar surface area (TPSA) is 52.0 Å². The lowest BCUT2D eigenvalue weighted by Crippen LogP contribution is -2.38. The van der Waals surface area contributed by atoms with Gasteiger partial charge in [-0.1, -0.05) is 129 Å². The van der Waals surface area contributed by atoms with Gasteiger partial charge >= 0.3 is 0 Å². The van der Waals surface area contributed by atoms with E-state index in [9.17, 15) is 0 Å². The van der Waals surface area contributed by atoms with Gasteiger partial charge in [0, 0.05) is 29.9 Å². The van der Waals surface area contributed by atoms with Crippen molar-refractivity contribution in [3.05, 3.63) is 155 Å². The minimum Gasteiger partial charge on any atom is -0.352 e. The predicted octanol–water partition coefficient (Wildman–Crippen LogP) is 8.38. The maximum Gasteiger partial charge on any atom is 0.136 e. The van der Waals surface area contributed by atoms with Crippen molar-refractivity contribution in [3.8, 4) is 11.1 Å². The summed E-state index contributed by atoms with van der Waals surface area (Å²) in [5.41, 5.74) is 6.68. The number of rotatable bonds is 11. The van der Waals surface area contributed by atoms with Crippen molar-refractivity contribution in [2.45, 2.75) is 31.2 Å². The molecule has 0 aliphatic carbocycles. The van der Waals surface area contributed by atoms with E-state index in [0.717, 1.165) is 46.3 Å². The van der Waals surface area contributed by atoms with E-state index in [1.807, 2.05) is 30.5 Å². The number of hydrogen-bond donors (Lipinski definition) is 2. The second-order valence-corrected chi connectivity index (χ2v) is 11.5. The number of anilines is 1. The third-order valence-electron chi connectivity index (χ3n) is 8.38. The molecule has 1 heterocycles. The van der Waals surface area contributed by atoms with Crippen molar-refractivity contribution in [3.63, 3.8) is 0 Å². The molecule has 0 amide bonds. The molecule has 5 aromatic rings. The fraction of sp³-hybridized carbons (Fsp3) is 0.211. The van der Waals surface area contributed by atoms with Crippen LogP contribution in [0.3, 0.4) is 0 Å². The Balaban J connectivity index is 1.70. The average molecular weight is 553 g/mol. The molecule has 4 heteroatoms. The maximum atomic E-state index is 8.59. The van der Waals surface area contributed by atoms with Gasteiger partial charge in [-0.05, 0) is 60.0 Å². The normalized spacial score (nSPS) is 13.0. The van der Waals surface area contributed by atoms with Gasteiger partial charge in [0.15, 0.2) is 0 Å². The quantitative estimate of drug-likeness (QED) is 0.128. The molecule has 212 valence electrons. The van der Waals surface area contributed by atoms with E-state index in [0.29, 0.717) is 5.82 Å². The lowest BCUT2D eigenvalue weighted by molar-refractivity contribution is 0.291. The first-order valence-corrected chi connectivity index (χ1v) is 14.6. The van der Waals surface area contributed by atoms with Crippen LogP contribution in [0.2, 0.25) is 0 Å². The van der Waals surface area contributed by atoms with Gasteiger partial charge in [-0.2, -0.15) is 0 Å². The summed E-state index contributed by atoms with van der Waals surface area (Å²) < 4.78 is 0. The van der Waals surface area contributed by atoms with Crippen LogP contribution in [0.5, 0.6) is 0 Å². The van der Waals surface area contributed by atoms with Gasteiger partial charge in [-0.15, -0.1) is 0 Å². The number of aromatic nitrogens is 1. The lowest BCUT2D eigenvalue weighted by atomic mass is 9.76. The minimum absolute atomic E-state index is 0.0154. The maximum absolute atomic E-state index is 8.59. The smallest absolute Gasteiger partial charge is 0.136 e. The van der Waals surface area contributed by atoms with Crippen molar-refractivity contribution in [1.82, 2.24) is 9.88 Å². The molecule has 42 heavy (non-hydrogen) atoms. The number of hydrogen-bond acceptors (Lipinski definition) is 4. The molecular formula is C38H40N4. The highest BCUT2D eigenvalue weighted by Gasteiger charge is 2.37. The Hall–Kier alpha value is -4.54. The third-order valence-corrected chi connectivity index (χ3v) is 8.38. The number of nitrogens with zero attached hydrogens (tertiary/aromatic N) is 2. The Morgan fingerprint density at radius 2 is 1.26 bits per heavy atom. The Morgan fingerprint density at radius 3 is 1.74 bits per heavy atom. The first-order chi connectivity index (χ1) is 20.4. The zero-order chi connectivity index (χ0) is 29.6. The van der Waals surface area contributed by atoms with Crippen LogP contribution in [0.4, 0.5) is 5.82 Å². The molecule has 0 saturated carbocycles. The van der Waals surface area contributed by atoms with Crippen LogP contribution in [0.25, 0.3) is 11.1 Å². The molecule has 0 fully saturated rings. The molecule has 0 radical (unpaired) electrons. The minimum atomic E-state index is -0.735. The zero-order valence-electron chi connectivity index (χ0n) is 25.0. The number of pyridine rings is 1. The Morgan fingerprint density at radius 1 is 0.738 bits per heavy atom. The van der Waals surface area contributed by atoms with Crippen molar-refractivity contribution in [2.75, 3.05) is 26.0 Å². The number of nitrogens with one attached hydrogen (secondary N) is 2. The molecule has 0 spiro atoms. The average Bonchev–Trinajstić information content (AvgIpc) is 3.04. The Kier molecular flexibility index (Phi) is 8.65. The van der Waals surface area contributed by atoms with E-state index in [2.05, 4.69) is 135 Å². The van der Waals surface area contributed by atoms with Crippen LogP contribution in [-0.2, 0) is 11.0 Å². The van der Waals surface area contributed by atoms with Crippen LogP contribution in [0.15, 0.2) is 128 Å². The number of likely N-dealkylation sites (N-methyl/N-ethyl adjacent to an activating group) is 1. The predicted molar refractivity (Wildman–Crippen MR) is 177 cm³/mol. The molecule has 0 saturated heterocycles. The molecule has 0 aliphatic rings. The fourth-order valence-electron chi connectivity index (χ4n) is 6.10. The summed E-state index contributed by atoms with van der Waals surface area (Å²) in [5.74, 6) is 0.663. The van der Waals surface area contributed by atoms with Crippen LogP contribution in [0, 0.1) is 5.41 Å². The van der Waals surface area contributed by atoms with Crippen LogP contribution in [-0.4, -0.2) is 36.7 Å². The van der Waals surface area contributed by atoms with Gasteiger partial charge in [-0.3, -0.25) is 0 Å². The van der Waals surface area contributed by atoms with Crippen molar-refractivity contribution in [1.29, 1.82) is 5.41 Å². The first-order valence-electron chi connectivity index (χ1n) is 14.6. The number of benzene rings is 4. The molecule has 1 unspecified atom stereocenters. The van der Waals surface area contributed by atoms with E-state index >= 15 is 0 Å². The van der Waals surface area contributed by atoms with Gasteiger partial charge in [0.1, 0.15) is 11.4 Å². The largest absolute Gasteiger partial charge is 0.352 e. The second-order valence-electron chi connectivity index (χ2n) is 11.5. The Bertz CT molecular complexity index is 1520. The van der Waals surface area contributed by atoms with Crippen molar-refractivity contribution in [2.24, 2.45) is 0 Å². The van der Waals surface area contributed by atoms with E-state index < -0.39 is 5.54 Å². The summed E-state index contributed by atoms with van der Waals surface area (Å²) in [6, 6.07) is 42.3. The molecule has 1 atom stereocenters. The molecule has 4 aromatic carbocycles. The Labute approximate surface area is 250 Å².